The normalized spacial score (nSPS) is 15.0. The lowest BCUT2D eigenvalue weighted by Crippen LogP contribution is -2.37. The second-order valence-corrected chi connectivity index (χ2v) is 5.71. The third kappa shape index (κ3) is 3.04. The minimum absolute atomic E-state index is 0.737. The Hall–Kier alpha value is -2.14. The van der Waals surface area contributed by atoms with E-state index >= 15 is 0 Å². The molecule has 2 heterocycles. The van der Waals surface area contributed by atoms with Gasteiger partial charge in [0.05, 0.1) is 18.9 Å². The Kier molecular flexibility index (Phi) is 4.24. The molecule has 0 N–H and O–H groups in total. The van der Waals surface area contributed by atoms with Crippen LogP contribution in [0.5, 0.6) is 0 Å². The monoisotopic (exact) mass is 298 g/mol. The molecular weight excluding hydrogens is 276 g/mol. The van der Waals surface area contributed by atoms with Crippen LogP contribution in [0.25, 0.3) is 11.3 Å². The van der Waals surface area contributed by atoms with E-state index in [1.807, 2.05) is 19.1 Å². The van der Waals surface area contributed by atoms with Crippen LogP contribution in [-0.4, -0.2) is 50.4 Å². The van der Waals surface area contributed by atoms with Crippen LogP contribution in [0.4, 0.5) is 11.6 Å². The molecule has 1 saturated heterocycles. The highest BCUT2D eigenvalue weighted by atomic mass is 16.5. The summed E-state index contributed by atoms with van der Waals surface area (Å²) < 4.78 is 5.41. The second-order valence-electron chi connectivity index (χ2n) is 5.71. The van der Waals surface area contributed by atoms with Gasteiger partial charge in [0.15, 0.2) is 0 Å². The zero-order valence-electron chi connectivity index (χ0n) is 13.4. The number of aryl methyl sites for hydroxylation is 1. The van der Waals surface area contributed by atoms with E-state index in [2.05, 4.69) is 47.1 Å². The van der Waals surface area contributed by atoms with Crippen LogP contribution in [0.15, 0.2) is 30.3 Å². The first-order chi connectivity index (χ1) is 10.6. The van der Waals surface area contributed by atoms with Gasteiger partial charge in [0, 0.05) is 44.1 Å². The van der Waals surface area contributed by atoms with E-state index in [-0.39, 0.29) is 0 Å². The Labute approximate surface area is 131 Å². The number of benzene rings is 1. The van der Waals surface area contributed by atoms with Gasteiger partial charge < -0.3 is 14.5 Å². The molecule has 5 nitrogen and oxygen atoms in total. The standard InChI is InChI=1S/C17H22N4O/c1-13-12-15(14-6-4-5-7-16(14)20(2)3)19-17(18-13)21-8-10-22-11-9-21/h4-7,12H,8-11H2,1-3H3. The van der Waals surface area contributed by atoms with E-state index in [1.165, 1.54) is 0 Å². The Balaban J connectivity index is 2.02. The van der Waals surface area contributed by atoms with Gasteiger partial charge in [-0.3, -0.25) is 0 Å². The van der Waals surface area contributed by atoms with Crippen molar-refractivity contribution >= 4 is 11.6 Å². The molecule has 0 spiro atoms. The van der Waals surface area contributed by atoms with Crippen molar-refractivity contribution in [2.45, 2.75) is 6.92 Å². The largest absolute Gasteiger partial charge is 0.378 e. The molecule has 3 rings (SSSR count). The van der Waals surface area contributed by atoms with Crippen molar-refractivity contribution in [1.29, 1.82) is 0 Å². The lowest BCUT2D eigenvalue weighted by atomic mass is 10.1. The number of anilines is 2. The summed E-state index contributed by atoms with van der Waals surface area (Å²) >= 11 is 0. The van der Waals surface area contributed by atoms with Crippen LogP contribution >= 0.6 is 0 Å². The van der Waals surface area contributed by atoms with Gasteiger partial charge in [-0.05, 0) is 19.1 Å². The molecule has 22 heavy (non-hydrogen) atoms. The van der Waals surface area contributed by atoms with Crippen molar-refractivity contribution in [2.75, 3.05) is 50.2 Å². The molecule has 0 saturated carbocycles. The molecule has 1 fully saturated rings. The fourth-order valence-corrected chi connectivity index (χ4v) is 2.68. The van der Waals surface area contributed by atoms with Gasteiger partial charge >= 0.3 is 0 Å². The first-order valence-corrected chi connectivity index (χ1v) is 7.60. The number of morpholine rings is 1. The van der Waals surface area contributed by atoms with E-state index in [1.54, 1.807) is 0 Å². The summed E-state index contributed by atoms with van der Waals surface area (Å²) in [7, 11) is 4.10. The lowest BCUT2D eigenvalue weighted by Gasteiger charge is -2.27. The Morgan fingerprint density at radius 3 is 2.55 bits per heavy atom. The van der Waals surface area contributed by atoms with Gasteiger partial charge in [-0.1, -0.05) is 18.2 Å². The van der Waals surface area contributed by atoms with Crippen LogP contribution in [0, 0.1) is 6.92 Å². The number of aromatic nitrogens is 2. The predicted molar refractivity (Wildman–Crippen MR) is 89.6 cm³/mol. The quantitative estimate of drug-likeness (QED) is 0.870. The van der Waals surface area contributed by atoms with E-state index in [4.69, 9.17) is 9.72 Å². The zero-order chi connectivity index (χ0) is 15.5. The summed E-state index contributed by atoms with van der Waals surface area (Å²) in [5, 5.41) is 0. The summed E-state index contributed by atoms with van der Waals surface area (Å²) in [4.78, 5) is 13.7. The molecular formula is C17H22N4O. The maximum absolute atomic E-state index is 5.41. The predicted octanol–water partition coefficient (Wildman–Crippen LogP) is 2.35. The average Bonchev–Trinajstić information content (AvgIpc) is 2.55. The fraction of sp³-hybridized carbons (Fsp3) is 0.412. The first-order valence-electron chi connectivity index (χ1n) is 7.60. The highest BCUT2D eigenvalue weighted by molar-refractivity contribution is 5.76. The third-order valence-corrected chi connectivity index (χ3v) is 3.80. The second kappa shape index (κ2) is 6.32. The van der Waals surface area contributed by atoms with Gasteiger partial charge in [0.2, 0.25) is 5.95 Å². The number of nitrogens with zero attached hydrogens (tertiary/aromatic N) is 4. The highest BCUT2D eigenvalue weighted by Crippen LogP contribution is 2.29. The van der Waals surface area contributed by atoms with E-state index < -0.39 is 0 Å². The number of hydrogen-bond acceptors (Lipinski definition) is 5. The molecule has 0 radical (unpaired) electrons. The zero-order valence-corrected chi connectivity index (χ0v) is 13.4. The molecule has 1 aromatic heterocycles. The van der Waals surface area contributed by atoms with E-state index in [0.29, 0.717) is 0 Å². The number of hydrogen-bond donors (Lipinski definition) is 0. The maximum Gasteiger partial charge on any atom is 0.226 e. The summed E-state index contributed by atoms with van der Waals surface area (Å²) in [6.07, 6.45) is 0. The van der Waals surface area contributed by atoms with Crippen LogP contribution in [0.2, 0.25) is 0 Å². The van der Waals surface area contributed by atoms with Gasteiger partial charge in [0.25, 0.3) is 0 Å². The summed E-state index contributed by atoms with van der Waals surface area (Å²) in [5.41, 5.74) is 4.25. The van der Waals surface area contributed by atoms with Crippen molar-refractivity contribution in [3.05, 3.63) is 36.0 Å². The van der Waals surface area contributed by atoms with E-state index in [0.717, 1.165) is 54.9 Å². The van der Waals surface area contributed by atoms with Crippen molar-refractivity contribution in [1.82, 2.24) is 9.97 Å². The molecule has 1 aromatic carbocycles. The molecule has 5 heteroatoms. The molecule has 0 atom stereocenters. The van der Waals surface area contributed by atoms with Crippen LogP contribution in [-0.2, 0) is 4.74 Å². The number of para-hydroxylation sites is 1. The molecule has 116 valence electrons. The maximum atomic E-state index is 5.41. The summed E-state index contributed by atoms with van der Waals surface area (Å²) in [6.45, 7) is 5.19. The first kappa shape index (κ1) is 14.8. The number of ether oxygens (including phenoxy) is 1. The highest BCUT2D eigenvalue weighted by Gasteiger charge is 2.16. The van der Waals surface area contributed by atoms with Crippen molar-refractivity contribution < 1.29 is 4.74 Å². The van der Waals surface area contributed by atoms with Crippen LogP contribution < -0.4 is 9.80 Å². The molecule has 0 unspecified atom stereocenters. The Morgan fingerprint density at radius 1 is 1.09 bits per heavy atom. The number of rotatable bonds is 3. The molecule has 0 amide bonds. The molecule has 1 aliphatic heterocycles. The molecule has 0 aliphatic carbocycles. The van der Waals surface area contributed by atoms with Crippen molar-refractivity contribution in [2.24, 2.45) is 0 Å². The van der Waals surface area contributed by atoms with Gasteiger partial charge in [-0.2, -0.15) is 0 Å². The smallest absolute Gasteiger partial charge is 0.226 e. The van der Waals surface area contributed by atoms with Gasteiger partial charge in [-0.25, -0.2) is 9.97 Å². The molecule has 2 aromatic rings. The topological polar surface area (TPSA) is 41.5 Å². The van der Waals surface area contributed by atoms with Crippen LogP contribution in [0.1, 0.15) is 5.69 Å². The summed E-state index contributed by atoms with van der Waals surface area (Å²) in [5.74, 6) is 0.798. The van der Waals surface area contributed by atoms with Crippen molar-refractivity contribution in [3.63, 3.8) is 0 Å². The SMILES string of the molecule is Cc1cc(-c2ccccc2N(C)C)nc(N2CCOCC2)n1. The molecule has 1 aliphatic rings. The van der Waals surface area contributed by atoms with Crippen LogP contribution in [0.3, 0.4) is 0 Å². The van der Waals surface area contributed by atoms with Gasteiger partial charge in [-0.15, -0.1) is 0 Å². The van der Waals surface area contributed by atoms with Gasteiger partial charge in [0.1, 0.15) is 0 Å². The Bertz CT molecular complexity index is 651. The fourth-order valence-electron chi connectivity index (χ4n) is 2.68. The van der Waals surface area contributed by atoms with Crippen molar-refractivity contribution in [3.8, 4) is 11.3 Å². The molecule has 0 bridgehead atoms. The lowest BCUT2D eigenvalue weighted by molar-refractivity contribution is 0.122. The Morgan fingerprint density at radius 2 is 1.82 bits per heavy atom. The van der Waals surface area contributed by atoms with E-state index in [9.17, 15) is 0 Å². The average molecular weight is 298 g/mol. The minimum Gasteiger partial charge on any atom is -0.378 e. The summed E-state index contributed by atoms with van der Waals surface area (Å²) in [6, 6.07) is 10.4. The third-order valence-electron chi connectivity index (χ3n) is 3.80. The minimum atomic E-state index is 0.737.